The van der Waals surface area contributed by atoms with Gasteiger partial charge >= 0.3 is 0 Å². The molecule has 1 aliphatic rings. The summed E-state index contributed by atoms with van der Waals surface area (Å²) in [6.45, 7) is 7.58. The minimum Gasteiger partial charge on any atom is -0.423 e. The molecule has 0 bridgehead atoms. The lowest BCUT2D eigenvalue weighted by Crippen LogP contribution is -2.51. The summed E-state index contributed by atoms with van der Waals surface area (Å²) < 4.78 is 5.87. The van der Waals surface area contributed by atoms with E-state index in [0.717, 1.165) is 37.0 Å². The van der Waals surface area contributed by atoms with Crippen LogP contribution < -0.4 is 4.90 Å². The van der Waals surface area contributed by atoms with Crippen LogP contribution in [0.3, 0.4) is 0 Å². The number of anilines is 1. The topological polar surface area (TPSA) is 49.6 Å². The van der Waals surface area contributed by atoms with Crippen LogP contribution in [-0.2, 0) is 4.79 Å². The summed E-state index contributed by atoms with van der Waals surface area (Å²) in [7, 11) is 1.91. The van der Waals surface area contributed by atoms with E-state index in [9.17, 15) is 4.79 Å². The number of piperidine rings is 1. The molecule has 23 heavy (non-hydrogen) atoms. The zero-order chi connectivity index (χ0) is 16.6. The molecule has 3 rings (SSSR count). The van der Waals surface area contributed by atoms with Crippen LogP contribution in [0.25, 0.3) is 11.1 Å². The zero-order valence-corrected chi connectivity index (χ0v) is 14.4. The summed E-state index contributed by atoms with van der Waals surface area (Å²) >= 11 is 0. The van der Waals surface area contributed by atoms with Gasteiger partial charge < -0.3 is 14.2 Å². The van der Waals surface area contributed by atoms with Gasteiger partial charge in [-0.3, -0.25) is 4.79 Å². The molecule has 2 heterocycles. The summed E-state index contributed by atoms with van der Waals surface area (Å²) in [5.74, 6) is 0.182. The summed E-state index contributed by atoms with van der Waals surface area (Å²) in [5, 5.41) is 0. The average Bonchev–Trinajstić information content (AvgIpc) is 2.97. The third-order valence-corrected chi connectivity index (χ3v) is 4.46. The fourth-order valence-electron chi connectivity index (χ4n) is 3.13. The molecule has 1 atom stereocenters. The predicted octanol–water partition coefficient (Wildman–Crippen LogP) is 3.30. The van der Waals surface area contributed by atoms with Gasteiger partial charge in [-0.1, -0.05) is 32.9 Å². The molecule has 1 fully saturated rings. The van der Waals surface area contributed by atoms with Crippen molar-refractivity contribution in [3.63, 3.8) is 0 Å². The first-order chi connectivity index (χ1) is 10.9. The van der Waals surface area contributed by atoms with Crippen molar-refractivity contribution in [3.8, 4) is 0 Å². The maximum absolute atomic E-state index is 12.5. The third-order valence-electron chi connectivity index (χ3n) is 4.46. The Morgan fingerprint density at radius 2 is 2.09 bits per heavy atom. The third kappa shape index (κ3) is 3.19. The monoisotopic (exact) mass is 315 g/mol. The van der Waals surface area contributed by atoms with Gasteiger partial charge in [-0.05, 0) is 25.0 Å². The molecule has 124 valence electrons. The van der Waals surface area contributed by atoms with Gasteiger partial charge in [0.15, 0.2) is 5.58 Å². The van der Waals surface area contributed by atoms with Crippen molar-refractivity contribution < 1.29 is 9.21 Å². The second kappa shape index (κ2) is 5.87. The van der Waals surface area contributed by atoms with Gasteiger partial charge in [0, 0.05) is 31.6 Å². The molecule has 2 aromatic rings. The fourth-order valence-corrected chi connectivity index (χ4v) is 3.13. The number of carbonyl (C=O) groups excluding carboxylic acids is 1. The molecule has 1 aromatic heterocycles. The van der Waals surface area contributed by atoms with Crippen LogP contribution in [0.1, 0.15) is 33.6 Å². The highest BCUT2D eigenvalue weighted by Gasteiger charge is 2.32. The van der Waals surface area contributed by atoms with E-state index in [-0.39, 0.29) is 17.4 Å². The van der Waals surface area contributed by atoms with Crippen LogP contribution in [0.4, 0.5) is 6.01 Å². The lowest BCUT2D eigenvalue weighted by molar-refractivity contribution is -0.140. The van der Waals surface area contributed by atoms with Crippen LogP contribution in [0.2, 0.25) is 0 Å². The van der Waals surface area contributed by atoms with Gasteiger partial charge in [0.25, 0.3) is 6.01 Å². The van der Waals surface area contributed by atoms with Crippen molar-refractivity contribution in [1.82, 2.24) is 9.88 Å². The van der Waals surface area contributed by atoms with Gasteiger partial charge in [-0.25, -0.2) is 0 Å². The average molecular weight is 315 g/mol. The first-order valence-electron chi connectivity index (χ1n) is 8.24. The first kappa shape index (κ1) is 15.8. The Balaban J connectivity index is 1.76. The Kier molecular flexibility index (Phi) is 4.04. The van der Waals surface area contributed by atoms with Gasteiger partial charge in [0.2, 0.25) is 5.91 Å². The van der Waals surface area contributed by atoms with Crippen molar-refractivity contribution in [3.05, 3.63) is 24.3 Å². The van der Waals surface area contributed by atoms with Gasteiger partial charge in [0.05, 0.1) is 0 Å². The van der Waals surface area contributed by atoms with E-state index in [2.05, 4.69) is 9.88 Å². The van der Waals surface area contributed by atoms with Crippen molar-refractivity contribution in [2.75, 3.05) is 25.0 Å². The number of para-hydroxylation sites is 2. The Morgan fingerprint density at radius 1 is 1.35 bits per heavy atom. The molecule has 0 saturated carbocycles. The van der Waals surface area contributed by atoms with E-state index in [1.165, 1.54) is 0 Å². The second-order valence-corrected chi connectivity index (χ2v) is 7.37. The molecule has 1 amide bonds. The number of hydrogen-bond donors (Lipinski definition) is 0. The number of rotatable bonds is 2. The number of amides is 1. The Bertz CT molecular complexity index is 669. The van der Waals surface area contributed by atoms with E-state index in [0.29, 0.717) is 6.01 Å². The van der Waals surface area contributed by atoms with Crippen LogP contribution in [-0.4, -0.2) is 42.0 Å². The fraction of sp³-hybridized carbons (Fsp3) is 0.556. The van der Waals surface area contributed by atoms with Gasteiger partial charge in [-0.15, -0.1) is 0 Å². The summed E-state index contributed by atoms with van der Waals surface area (Å²) in [4.78, 5) is 21.1. The molecule has 0 aliphatic carbocycles. The zero-order valence-electron chi connectivity index (χ0n) is 14.4. The molecule has 1 aliphatic heterocycles. The van der Waals surface area contributed by atoms with E-state index in [1.54, 1.807) is 0 Å². The number of carbonyl (C=O) groups is 1. The molecule has 1 unspecified atom stereocenters. The van der Waals surface area contributed by atoms with Gasteiger partial charge in [0.1, 0.15) is 5.52 Å². The SMILES string of the molecule is CN(C(=O)C(C)(C)C)C1CCCN(c2nc3ccccc3o2)C1. The smallest absolute Gasteiger partial charge is 0.298 e. The number of hydrogen-bond acceptors (Lipinski definition) is 4. The molecular formula is C18H25N3O2. The van der Waals surface area contributed by atoms with E-state index >= 15 is 0 Å². The summed E-state index contributed by atoms with van der Waals surface area (Å²) in [5.41, 5.74) is 1.33. The number of oxazole rings is 1. The van der Waals surface area contributed by atoms with Crippen molar-refractivity contribution >= 4 is 23.0 Å². The van der Waals surface area contributed by atoms with Crippen LogP contribution in [0.5, 0.6) is 0 Å². The van der Waals surface area contributed by atoms with Crippen LogP contribution in [0, 0.1) is 5.41 Å². The van der Waals surface area contributed by atoms with E-state index < -0.39 is 0 Å². The highest BCUT2D eigenvalue weighted by molar-refractivity contribution is 5.81. The number of nitrogens with zero attached hydrogens (tertiary/aromatic N) is 3. The Hall–Kier alpha value is -2.04. The quantitative estimate of drug-likeness (QED) is 0.853. The maximum Gasteiger partial charge on any atom is 0.298 e. The first-order valence-corrected chi connectivity index (χ1v) is 8.24. The molecule has 0 N–H and O–H groups in total. The lowest BCUT2D eigenvalue weighted by atomic mass is 9.93. The van der Waals surface area contributed by atoms with Crippen LogP contribution in [0.15, 0.2) is 28.7 Å². The highest BCUT2D eigenvalue weighted by atomic mass is 16.4. The highest BCUT2D eigenvalue weighted by Crippen LogP contribution is 2.27. The number of likely N-dealkylation sites (N-methyl/N-ethyl adjacent to an activating group) is 1. The Morgan fingerprint density at radius 3 is 2.78 bits per heavy atom. The molecule has 1 saturated heterocycles. The van der Waals surface area contributed by atoms with Gasteiger partial charge in [-0.2, -0.15) is 4.98 Å². The normalized spacial score (nSPS) is 19.1. The number of fused-ring (bicyclic) bond motifs is 1. The van der Waals surface area contributed by atoms with Crippen molar-refractivity contribution in [1.29, 1.82) is 0 Å². The predicted molar refractivity (Wildman–Crippen MR) is 91.5 cm³/mol. The maximum atomic E-state index is 12.5. The summed E-state index contributed by atoms with van der Waals surface area (Å²) in [6.07, 6.45) is 2.06. The molecule has 1 aromatic carbocycles. The molecular weight excluding hydrogens is 290 g/mol. The standard InChI is InChI=1S/C18H25N3O2/c1-18(2,3)16(22)20(4)13-8-7-11-21(12-13)17-19-14-9-5-6-10-15(14)23-17/h5-6,9-10,13H,7-8,11-12H2,1-4H3. The van der Waals surface area contributed by atoms with Crippen molar-refractivity contribution in [2.45, 2.75) is 39.7 Å². The van der Waals surface area contributed by atoms with Crippen LogP contribution >= 0.6 is 0 Å². The summed E-state index contributed by atoms with van der Waals surface area (Å²) in [6, 6.07) is 8.66. The number of aromatic nitrogens is 1. The van der Waals surface area contributed by atoms with E-state index in [1.807, 2.05) is 57.0 Å². The van der Waals surface area contributed by atoms with E-state index in [4.69, 9.17) is 4.42 Å². The minimum absolute atomic E-state index is 0.182. The molecule has 5 heteroatoms. The molecule has 5 nitrogen and oxygen atoms in total. The lowest BCUT2D eigenvalue weighted by Gasteiger charge is -2.39. The molecule has 0 spiro atoms. The number of benzene rings is 1. The largest absolute Gasteiger partial charge is 0.423 e. The Labute approximate surface area is 137 Å². The molecule has 0 radical (unpaired) electrons. The second-order valence-electron chi connectivity index (χ2n) is 7.37. The van der Waals surface area contributed by atoms with Crippen molar-refractivity contribution in [2.24, 2.45) is 5.41 Å². The minimum atomic E-state index is -0.353.